The van der Waals surface area contributed by atoms with Crippen molar-refractivity contribution in [3.05, 3.63) is 63.0 Å². The number of hydrogen-bond donors (Lipinski definition) is 2. The minimum atomic E-state index is -4.56. The summed E-state index contributed by atoms with van der Waals surface area (Å²) >= 11 is 9.28. The minimum Gasteiger partial charge on any atom is -0.325 e. The zero-order valence-electron chi connectivity index (χ0n) is 15.7. The molecule has 0 atom stereocenters. The molecule has 2 aliphatic rings. The van der Waals surface area contributed by atoms with Gasteiger partial charge in [-0.2, -0.15) is 13.2 Å². The van der Waals surface area contributed by atoms with Gasteiger partial charge < -0.3 is 10.6 Å². The number of hydrogen-bond acceptors (Lipinski definition) is 5. The first-order valence-electron chi connectivity index (χ1n) is 8.91. The average molecular weight is 542 g/mol. The van der Waals surface area contributed by atoms with E-state index < -0.39 is 36.0 Å². The molecular formula is C20H11BrF3N3O3S2. The van der Waals surface area contributed by atoms with Crippen molar-refractivity contribution in [1.29, 1.82) is 0 Å². The zero-order valence-corrected chi connectivity index (χ0v) is 19.0. The number of fused-ring (bicyclic) bond motifs is 1. The fraction of sp³-hybridized carbons (Fsp3) is 0.100. The Morgan fingerprint density at radius 2 is 1.94 bits per heavy atom. The lowest BCUT2D eigenvalue weighted by Crippen LogP contribution is -2.35. The number of alkyl halides is 3. The monoisotopic (exact) mass is 541 g/mol. The molecule has 12 heteroatoms. The lowest BCUT2D eigenvalue weighted by molar-refractivity contribution is -0.137. The zero-order chi connectivity index (χ0) is 23.2. The number of carbonyl (C=O) groups excluding carboxylic acids is 3. The van der Waals surface area contributed by atoms with Gasteiger partial charge in [-0.15, -0.1) is 0 Å². The van der Waals surface area contributed by atoms with Crippen LogP contribution in [-0.4, -0.2) is 28.6 Å². The van der Waals surface area contributed by atoms with Crippen molar-refractivity contribution in [2.75, 3.05) is 16.8 Å². The van der Waals surface area contributed by atoms with E-state index in [-0.39, 0.29) is 20.5 Å². The molecule has 4 rings (SSSR count). The molecule has 3 amide bonds. The van der Waals surface area contributed by atoms with Crippen LogP contribution in [0.2, 0.25) is 0 Å². The van der Waals surface area contributed by atoms with Gasteiger partial charge in [-0.25, -0.2) is 0 Å². The molecule has 0 unspecified atom stereocenters. The van der Waals surface area contributed by atoms with Gasteiger partial charge in [-0.1, -0.05) is 46.0 Å². The molecule has 0 spiro atoms. The Bertz CT molecular complexity index is 1230. The molecule has 2 N–H and O–H groups in total. The number of rotatable bonds is 3. The van der Waals surface area contributed by atoms with Crippen molar-refractivity contribution in [2.24, 2.45) is 0 Å². The third-order valence-corrected chi connectivity index (χ3v) is 6.32. The summed E-state index contributed by atoms with van der Waals surface area (Å²) in [6, 6.07) is 9.12. The molecule has 1 saturated heterocycles. The highest BCUT2D eigenvalue weighted by atomic mass is 79.9. The van der Waals surface area contributed by atoms with Crippen molar-refractivity contribution in [3.63, 3.8) is 0 Å². The summed E-state index contributed by atoms with van der Waals surface area (Å²) in [7, 11) is 0. The normalized spacial score (nSPS) is 18.1. The molecule has 0 aromatic heterocycles. The van der Waals surface area contributed by atoms with Crippen LogP contribution >= 0.6 is 39.9 Å². The Kier molecular flexibility index (Phi) is 5.86. The van der Waals surface area contributed by atoms with Crippen LogP contribution in [0.3, 0.4) is 0 Å². The molecule has 0 radical (unpaired) electrons. The van der Waals surface area contributed by atoms with E-state index in [1.54, 1.807) is 18.2 Å². The topological polar surface area (TPSA) is 78.5 Å². The minimum absolute atomic E-state index is 0.0536. The molecule has 0 aliphatic carbocycles. The Morgan fingerprint density at radius 3 is 2.59 bits per heavy atom. The van der Waals surface area contributed by atoms with Gasteiger partial charge in [0, 0.05) is 15.7 Å². The third-order valence-electron chi connectivity index (χ3n) is 4.60. The average Bonchev–Trinajstić information content (AvgIpc) is 3.16. The van der Waals surface area contributed by atoms with E-state index >= 15 is 0 Å². The number of benzene rings is 2. The van der Waals surface area contributed by atoms with Crippen LogP contribution in [0.5, 0.6) is 0 Å². The first-order valence-corrected chi connectivity index (χ1v) is 10.9. The van der Waals surface area contributed by atoms with Crippen LogP contribution < -0.4 is 15.5 Å². The molecule has 164 valence electrons. The summed E-state index contributed by atoms with van der Waals surface area (Å²) in [4.78, 5) is 39.3. The number of nitrogens with zero attached hydrogens (tertiary/aromatic N) is 1. The summed E-state index contributed by atoms with van der Waals surface area (Å²) < 4.78 is 39.6. The maximum Gasteiger partial charge on any atom is 0.416 e. The lowest BCUT2D eigenvalue weighted by Gasteiger charge is -2.17. The van der Waals surface area contributed by atoms with Crippen LogP contribution in [0.4, 0.5) is 24.5 Å². The Labute approximate surface area is 197 Å². The number of amides is 3. The maximum absolute atomic E-state index is 13.2. The molecule has 32 heavy (non-hydrogen) atoms. The van der Waals surface area contributed by atoms with E-state index in [4.69, 9.17) is 12.2 Å². The van der Waals surface area contributed by atoms with Crippen LogP contribution in [0, 0.1) is 0 Å². The maximum atomic E-state index is 13.2. The van der Waals surface area contributed by atoms with Crippen molar-refractivity contribution in [1.82, 2.24) is 5.32 Å². The van der Waals surface area contributed by atoms with E-state index in [2.05, 4.69) is 26.6 Å². The summed E-state index contributed by atoms with van der Waals surface area (Å²) in [5.41, 5.74) is -0.0163. The highest BCUT2D eigenvalue weighted by Crippen LogP contribution is 2.43. The molecule has 6 nitrogen and oxygen atoms in total. The number of thioether (sulfide) groups is 1. The van der Waals surface area contributed by atoms with E-state index in [9.17, 15) is 27.6 Å². The summed E-state index contributed by atoms with van der Waals surface area (Å²) in [6.45, 7) is -0.461. The second-order valence-corrected chi connectivity index (χ2v) is 9.33. The predicted molar refractivity (Wildman–Crippen MR) is 122 cm³/mol. The number of thiocarbonyl (C=S) groups is 1. The van der Waals surface area contributed by atoms with Crippen LogP contribution in [0.25, 0.3) is 5.57 Å². The molecule has 2 aliphatic heterocycles. The van der Waals surface area contributed by atoms with Crippen molar-refractivity contribution in [3.8, 4) is 0 Å². The number of carbonyl (C=O) groups is 3. The molecule has 2 heterocycles. The second kappa shape index (κ2) is 8.34. The van der Waals surface area contributed by atoms with Crippen LogP contribution in [0.15, 0.2) is 51.8 Å². The molecule has 0 bridgehead atoms. The van der Waals surface area contributed by atoms with Gasteiger partial charge in [0.05, 0.1) is 21.7 Å². The smallest absolute Gasteiger partial charge is 0.325 e. The summed E-state index contributed by atoms with van der Waals surface area (Å²) in [5, 5.41) is 4.84. The molecular weight excluding hydrogens is 531 g/mol. The van der Waals surface area contributed by atoms with Gasteiger partial charge >= 0.3 is 6.18 Å². The summed E-state index contributed by atoms with van der Waals surface area (Å²) in [6.07, 6.45) is -4.56. The number of nitrogens with one attached hydrogen (secondary N) is 2. The SMILES string of the molecule is O=C(CN1C(=O)/C(=C2/SC(=S)NC2=O)c2cc(Br)ccc21)Nc1cccc(C(F)(F)F)c1. The number of halogens is 4. The van der Waals surface area contributed by atoms with Gasteiger partial charge in [0.1, 0.15) is 10.9 Å². The van der Waals surface area contributed by atoms with Crippen molar-refractivity contribution < 1.29 is 27.6 Å². The molecule has 0 saturated carbocycles. The number of anilines is 2. The Balaban J connectivity index is 1.63. The fourth-order valence-corrected chi connectivity index (χ4v) is 4.75. The highest BCUT2D eigenvalue weighted by molar-refractivity contribution is 9.10. The quantitative estimate of drug-likeness (QED) is 0.447. The lowest BCUT2D eigenvalue weighted by atomic mass is 10.1. The standard InChI is InChI=1S/C20H11BrF3N3O3S2/c21-10-4-5-13-12(7-10)15(16-17(29)26-19(31)32-16)18(30)27(13)8-14(28)25-11-3-1-2-9(6-11)20(22,23)24/h1-7H,8H2,(H,25,28)(H,26,29,31)/b16-15+. The highest BCUT2D eigenvalue weighted by Gasteiger charge is 2.40. The third kappa shape index (κ3) is 4.30. The van der Waals surface area contributed by atoms with Crippen LogP contribution in [-0.2, 0) is 20.6 Å². The van der Waals surface area contributed by atoms with Crippen molar-refractivity contribution in [2.45, 2.75) is 6.18 Å². The van der Waals surface area contributed by atoms with Crippen LogP contribution in [0.1, 0.15) is 11.1 Å². The largest absolute Gasteiger partial charge is 0.416 e. The fourth-order valence-electron chi connectivity index (χ4n) is 3.28. The van der Waals surface area contributed by atoms with Gasteiger partial charge in [0.2, 0.25) is 5.91 Å². The second-order valence-electron chi connectivity index (χ2n) is 6.73. The van der Waals surface area contributed by atoms with Gasteiger partial charge in [-0.3, -0.25) is 19.3 Å². The molecule has 1 fully saturated rings. The molecule has 2 aromatic rings. The Morgan fingerprint density at radius 1 is 1.19 bits per heavy atom. The first kappa shape index (κ1) is 22.5. The van der Waals surface area contributed by atoms with Gasteiger partial charge in [0.25, 0.3) is 11.8 Å². The molecule has 2 aromatic carbocycles. The van der Waals surface area contributed by atoms with Gasteiger partial charge in [-0.05, 0) is 36.4 Å². The van der Waals surface area contributed by atoms with E-state index in [1.807, 2.05) is 0 Å². The summed E-state index contributed by atoms with van der Waals surface area (Å²) in [5.74, 6) is -1.79. The van der Waals surface area contributed by atoms with E-state index in [0.717, 1.165) is 23.9 Å². The Hall–Kier alpha value is -2.70. The van der Waals surface area contributed by atoms with Gasteiger partial charge in [0.15, 0.2) is 0 Å². The van der Waals surface area contributed by atoms with E-state index in [1.165, 1.54) is 17.0 Å². The van der Waals surface area contributed by atoms with E-state index in [0.29, 0.717) is 15.7 Å². The van der Waals surface area contributed by atoms with Crippen molar-refractivity contribution >= 4 is 78.9 Å². The first-order chi connectivity index (χ1) is 15.0. The predicted octanol–water partition coefficient (Wildman–Crippen LogP) is 4.31.